The van der Waals surface area contributed by atoms with Gasteiger partial charge in [-0.3, -0.25) is 14.4 Å². The number of hydrogen-bond donors (Lipinski definition) is 2. The average Bonchev–Trinajstić information content (AvgIpc) is 2.66. The van der Waals surface area contributed by atoms with Crippen LogP contribution in [0.4, 0.5) is 5.69 Å². The first-order valence-electron chi connectivity index (χ1n) is 9.37. The first kappa shape index (κ1) is 19.6. The van der Waals surface area contributed by atoms with Crippen LogP contribution in [0.15, 0.2) is 54.6 Å². The SMILES string of the molecule is CC(C)OC(=O)CC(NC(=O)C1CC(=O)Nc2ccccc21)c1ccccc1. The third-order valence-corrected chi connectivity index (χ3v) is 4.57. The molecule has 0 aromatic heterocycles. The minimum Gasteiger partial charge on any atom is -0.463 e. The van der Waals surface area contributed by atoms with Gasteiger partial charge in [-0.15, -0.1) is 0 Å². The first-order chi connectivity index (χ1) is 13.4. The molecule has 1 aliphatic rings. The molecule has 2 N–H and O–H groups in total. The third kappa shape index (κ3) is 4.76. The number of rotatable bonds is 6. The topological polar surface area (TPSA) is 84.5 Å². The van der Waals surface area contributed by atoms with Crippen molar-refractivity contribution in [3.05, 3.63) is 65.7 Å². The zero-order valence-corrected chi connectivity index (χ0v) is 16.0. The molecule has 6 heteroatoms. The number of benzene rings is 2. The molecule has 146 valence electrons. The molecule has 1 aliphatic heterocycles. The minimum atomic E-state index is -0.600. The molecule has 0 fully saturated rings. The Morgan fingerprint density at radius 2 is 1.79 bits per heavy atom. The Morgan fingerprint density at radius 1 is 1.11 bits per heavy atom. The smallest absolute Gasteiger partial charge is 0.308 e. The Labute approximate surface area is 164 Å². The second-order valence-electron chi connectivity index (χ2n) is 7.11. The zero-order chi connectivity index (χ0) is 20.1. The molecule has 0 saturated carbocycles. The van der Waals surface area contributed by atoms with Crippen LogP contribution in [0, 0.1) is 0 Å². The number of hydrogen-bond acceptors (Lipinski definition) is 4. The highest BCUT2D eigenvalue weighted by Gasteiger charge is 2.32. The number of carbonyl (C=O) groups is 3. The zero-order valence-electron chi connectivity index (χ0n) is 16.0. The summed E-state index contributed by atoms with van der Waals surface area (Å²) in [5.41, 5.74) is 2.23. The Balaban J connectivity index is 1.81. The molecule has 2 amide bonds. The van der Waals surface area contributed by atoms with E-state index in [1.165, 1.54) is 0 Å². The van der Waals surface area contributed by atoms with Crippen molar-refractivity contribution in [2.24, 2.45) is 0 Å². The highest BCUT2D eigenvalue weighted by molar-refractivity contribution is 6.01. The fourth-order valence-electron chi connectivity index (χ4n) is 3.33. The fraction of sp³-hybridized carbons (Fsp3) is 0.318. The van der Waals surface area contributed by atoms with Gasteiger partial charge in [0.05, 0.1) is 24.5 Å². The summed E-state index contributed by atoms with van der Waals surface area (Å²) in [4.78, 5) is 37.3. The number of anilines is 1. The van der Waals surface area contributed by atoms with Crippen LogP contribution < -0.4 is 10.6 Å². The van der Waals surface area contributed by atoms with Crippen LogP contribution in [0.2, 0.25) is 0 Å². The van der Waals surface area contributed by atoms with Gasteiger partial charge >= 0.3 is 5.97 Å². The standard InChI is InChI=1S/C22H24N2O4/c1-14(2)28-21(26)13-19(15-8-4-3-5-9-15)24-22(27)17-12-20(25)23-18-11-7-6-10-16(17)18/h3-11,14,17,19H,12-13H2,1-2H3,(H,23,25)(H,24,27). The van der Waals surface area contributed by atoms with Gasteiger partial charge in [0, 0.05) is 12.1 Å². The molecular weight excluding hydrogens is 356 g/mol. The van der Waals surface area contributed by atoms with E-state index in [2.05, 4.69) is 10.6 Å². The molecule has 3 rings (SSSR count). The molecule has 2 aromatic carbocycles. The highest BCUT2D eigenvalue weighted by Crippen LogP contribution is 2.33. The van der Waals surface area contributed by atoms with Gasteiger partial charge in [-0.25, -0.2) is 0 Å². The quantitative estimate of drug-likeness (QED) is 0.753. The molecular formula is C22H24N2O4. The van der Waals surface area contributed by atoms with Gasteiger partial charge in [-0.05, 0) is 31.0 Å². The van der Waals surface area contributed by atoms with Gasteiger partial charge in [0.2, 0.25) is 11.8 Å². The lowest BCUT2D eigenvalue weighted by Gasteiger charge is -2.27. The van der Waals surface area contributed by atoms with Crippen molar-refractivity contribution in [1.82, 2.24) is 5.32 Å². The summed E-state index contributed by atoms with van der Waals surface area (Å²) in [6, 6.07) is 16.0. The maximum absolute atomic E-state index is 13.1. The van der Waals surface area contributed by atoms with E-state index in [-0.39, 0.29) is 36.7 Å². The molecule has 28 heavy (non-hydrogen) atoms. The van der Waals surface area contributed by atoms with E-state index >= 15 is 0 Å². The molecule has 1 heterocycles. The van der Waals surface area contributed by atoms with E-state index in [4.69, 9.17) is 4.74 Å². The molecule has 0 saturated heterocycles. The fourth-order valence-corrected chi connectivity index (χ4v) is 3.33. The second kappa shape index (κ2) is 8.69. The van der Waals surface area contributed by atoms with Crippen molar-refractivity contribution in [3.8, 4) is 0 Å². The Bertz CT molecular complexity index is 864. The number of ether oxygens (including phenoxy) is 1. The Hall–Kier alpha value is -3.15. The van der Waals surface area contributed by atoms with Crippen molar-refractivity contribution >= 4 is 23.5 Å². The van der Waals surface area contributed by atoms with Crippen molar-refractivity contribution < 1.29 is 19.1 Å². The van der Waals surface area contributed by atoms with Crippen LogP contribution in [-0.4, -0.2) is 23.9 Å². The van der Waals surface area contributed by atoms with E-state index in [0.717, 1.165) is 11.1 Å². The van der Waals surface area contributed by atoms with Gasteiger partial charge in [-0.2, -0.15) is 0 Å². The number of nitrogens with one attached hydrogen (secondary N) is 2. The summed E-state index contributed by atoms with van der Waals surface area (Å²) in [5, 5.41) is 5.74. The van der Waals surface area contributed by atoms with Gasteiger partial charge in [0.1, 0.15) is 0 Å². The molecule has 2 unspecified atom stereocenters. The Morgan fingerprint density at radius 3 is 2.50 bits per heavy atom. The van der Waals surface area contributed by atoms with E-state index < -0.39 is 12.0 Å². The van der Waals surface area contributed by atoms with Crippen LogP contribution in [0.5, 0.6) is 0 Å². The van der Waals surface area contributed by atoms with E-state index in [9.17, 15) is 14.4 Å². The number of carbonyl (C=O) groups excluding carboxylic acids is 3. The minimum absolute atomic E-state index is 0.0223. The second-order valence-corrected chi connectivity index (χ2v) is 7.11. The predicted molar refractivity (Wildman–Crippen MR) is 106 cm³/mol. The predicted octanol–water partition coefficient (Wildman–Crippen LogP) is 3.31. The lowest BCUT2D eigenvalue weighted by atomic mass is 9.89. The summed E-state index contributed by atoms with van der Waals surface area (Å²) in [6.45, 7) is 3.57. The maximum atomic E-state index is 13.1. The number of amides is 2. The normalized spacial score (nSPS) is 16.7. The van der Waals surface area contributed by atoms with Crippen LogP contribution in [0.1, 0.15) is 49.8 Å². The van der Waals surface area contributed by atoms with Crippen LogP contribution >= 0.6 is 0 Å². The molecule has 0 aliphatic carbocycles. The van der Waals surface area contributed by atoms with Crippen LogP contribution in [0.3, 0.4) is 0 Å². The summed E-state index contributed by atoms with van der Waals surface area (Å²) in [7, 11) is 0. The van der Waals surface area contributed by atoms with Gasteiger partial charge in [-0.1, -0.05) is 48.5 Å². The highest BCUT2D eigenvalue weighted by atomic mass is 16.5. The third-order valence-electron chi connectivity index (χ3n) is 4.57. The largest absolute Gasteiger partial charge is 0.463 e. The molecule has 6 nitrogen and oxygen atoms in total. The summed E-state index contributed by atoms with van der Waals surface area (Å²) >= 11 is 0. The van der Waals surface area contributed by atoms with Gasteiger partial charge in [0.25, 0.3) is 0 Å². The van der Waals surface area contributed by atoms with Crippen molar-refractivity contribution in [1.29, 1.82) is 0 Å². The summed E-state index contributed by atoms with van der Waals surface area (Å²) in [6.07, 6.45) is -0.136. The summed E-state index contributed by atoms with van der Waals surface area (Å²) in [5.74, 6) is -1.47. The monoisotopic (exact) mass is 380 g/mol. The van der Waals surface area contributed by atoms with Crippen molar-refractivity contribution in [2.75, 3.05) is 5.32 Å². The first-order valence-corrected chi connectivity index (χ1v) is 9.37. The van der Waals surface area contributed by atoms with Gasteiger partial charge in [0.15, 0.2) is 0 Å². The van der Waals surface area contributed by atoms with E-state index in [0.29, 0.717) is 5.69 Å². The average molecular weight is 380 g/mol. The van der Waals surface area contributed by atoms with Crippen LogP contribution in [-0.2, 0) is 19.1 Å². The number of para-hydroxylation sites is 1. The van der Waals surface area contributed by atoms with Crippen molar-refractivity contribution in [3.63, 3.8) is 0 Å². The van der Waals surface area contributed by atoms with Crippen LogP contribution in [0.25, 0.3) is 0 Å². The lowest BCUT2D eigenvalue weighted by Crippen LogP contribution is -2.38. The Kier molecular flexibility index (Phi) is 6.09. The summed E-state index contributed by atoms with van der Waals surface area (Å²) < 4.78 is 5.25. The van der Waals surface area contributed by atoms with E-state index in [1.807, 2.05) is 48.5 Å². The van der Waals surface area contributed by atoms with Gasteiger partial charge < -0.3 is 15.4 Å². The molecule has 0 radical (unpaired) electrons. The number of fused-ring (bicyclic) bond motifs is 1. The van der Waals surface area contributed by atoms with E-state index in [1.54, 1.807) is 19.9 Å². The molecule has 2 aromatic rings. The number of esters is 1. The lowest BCUT2D eigenvalue weighted by molar-refractivity contribution is -0.148. The molecule has 0 spiro atoms. The maximum Gasteiger partial charge on any atom is 0.308 e. The molecule has 0 bridgehead atoms. The van der Waals surface area contributed by atoms with Crippen molar-refractivity contribution in [2.45, 2.75) is 44.8 Å². The molecule has 2 atom stereocenters.